The fraction of sp³-hybridized carbons (Fsp3) is 0.571. The first-order chi connectivity index (χ1) is 9.58. The summed E-state index contributed by atoms with van der Waals surface area (Å²) in [6.07, 6.45) is 5.09. The number of rotatable bonds is 5. The van der Waals surface area contributed by atoms with E-state index in [4.69, 9.17) is 11.6 Å². The molecule has 1 aliphatic rings. The Bertz CT molecular complexity index is 487. The molecular formula is C14H19ClN2O3. The van der Waals surface area contributed by atoms with Gasteiger partial charge in [0.2, 0.25) is 0 Å². The molecule has 0 aromatic heterocycles. The van der Waals surface area contributed by atoms with Crippen LogP contribution in [0.4, 0.5) is 5.69 Å². The van der Waals surface area contributed by atoms with E-state index >= 15 is 0 Å². The van der Waals surface area contributed by atoms with E-state index in [9.17, 15) is 15.2 Å². The molecule has 1 fully saturated rings. The largest absolute Gasteiger partial charge is 0.394 e. The van der Waals surface area contributed by atoms with Gasteiger partial charge in [-0.1, -0.05) is 36.9 Å². The van der Waals surface area contributed by atoms with Gasteiger partial charge in [-0.2, -0.15) is 0 Å². The quantitative estimate of drug-likeness (QED) is 0.647. The highest BCUT2D eigenvalue weighted by Crippen LogP contribution is 2.31. The Labute approximate surface area is 123 Å². The van der Waals surface area contributed by atoms with Crippen LogP contribution in [0.5, 0.6) is 0 Å². The summed E-state index contributed by atoms with van der Waals surface area (Å²) < 4.78 is 0. The average Bonchev–Trinajstić information content (AvgIpc) is 2.46. The van der Waals surface area contributed by atoms with Crippen LogP contribution in [0.15, 0.2) is 18.2 Å². The van der Waals surface area contributed by atoms with E-state index in [-0.39, 0.29) is 17.8 Å². The fourth-order valence-electron chi connectivity index (χ4n) is 2.79. The van der Waals surface area contributed by atoms with Crippen LogP contribution >= 0.6 is 11.6 Å². The number of hydrogen-bond donors (Lipinski definition) is 2. The second-order valence-corrected chi connectivity index (χ2v) is 5.75. The van der Waals surface area contributed by atoms with Crippen molar-refractivity contribution in [1.82, 2.24) is 5.32 Å². The van der Waals surface area contributed by atoms with Gasteiger partial charge in [0.15, 0.2) is 0 Å². The van der Waals surface area contributed by atoms with E-state index in [0.29, 0.717) is 17.1 Å². The van der Waals surface area contributed by atoms with Gasteiger partial charge in [0.05, 0.1) is 22.1 Å². The van der Waals surface area contributed by atoms with Crippen LogP contribution in [-0.2, 0) is 6.54 Å². The monoisotopic (exact) mass is 298 g/mol. The van der Waals surface area contributed by atoms with Crippen LogP contribution in [0.3, 0.4) is 0 Å². The standard InChI is InChI=1S/C14H19ClN2O3/c15-12-5-4-6-13(17(19)20)11(12)9-16-14(10-18)7-2-1-3-8-14/h4-6,16,18H,1-3,7-10H2. The molecule has 0 unspecified atom stereocenters. The Morgan fingerprint density at radius 3 is 2.65 bits per heavy atom. The number of halogens is 1. The molecule has 110 valence electrons. The van der Waals surface area contributed by atoms with Gasteiger partial charge in [-0.3, -0.25) is 10.1 Å². The van der Waals surface area contributed by atoms with Crippen molar-refractivity contribution < 1.29 is 10.0 Å². The molecular weight excluding hydrogens is 280 g/mol. The lowest BCUT2D eigenvalue weighted by Crippen LogP contribution is -2.49. The summed E-state index contributed by atoms with van der Waals surface area (Å²) in [5, 5.41) is 24.4. The van der Waals surface area contributed by atoms with Crippen molar-refractivity contribution in [2.24, 2.45) is 0 Å². The van der Waals surface area contributed by atoms with E-state index in [1.165, 1.54) is 12.5 Å². The molecule has 1 aromatic carbocycles. The minimum atomic E-state index is -0.421. The lowest BCUT2D eigenvalue weighted by atomic mass is 9.82. The third-order valence-corrected chi connectivity index (χ3v) is 4.40. The summed E-state index contributed by atoms with van der Waals surface area (Å²) in [5.41, 5.74) is 0.178. The van der Waals surface area contributed by atoms with Gasteiger partial charge in [0.1, 0.15) is 0 Å². The van der Waals surface area contributed by atoms with Crippen molar-refractivity contribution >= 4 is 17.3 Å². The second kappa shape index (κ2) is 6.52. The number of nitro groups is 1. The van der Waals surface area contributed by atoms with Gasteiger partial charge in [-0.25, -0.2) is 0 Å². The summed E-state index contributed by atoms with van der Waals surface area (Å²) >= 11 is 6.07. The van der Waals surface area contributed by atoms with Crippen molar-refractivity contribution in [2.75, 3.05) is 6.61 Å². The Morgan fingerprint density at radius 1 is 1.35 bits per heavy atom. The van der Waals surface area contributed by atoms with E-state index in [1.54, 1.807) is 12.1 Å². The highest BCUT2D eigenvalue weighted by atomic mass is 35.5. The Hall–Kier alpha value is -1.17. The zero-order valence-electron chi connectivity index (χ0n) is 11.3. The van der Waals surface area contributed by atoms with Crippen molar-refractivity contribution in [2.45, 2.75) is 44.2 Å². The van der Waals surface area contributed by atoms with Crippen molar-refractivity contribution in [3.05, 3.63) is 38.9 Å². The second-order valence-electron chi connectivity index (χ2n) is 5.35. The normalized spacial score (nSPS) is 17.9. The van der Waals surface area contributed by atoms with Crippen molar-refractivity contribution in [3.63, 3.8) is 0 Å². The molecule has 6 heteroatoms. The third kappa shape index (κ3) is 3.29. The third-order valence-electron chi connectivity index (χ3n) is 4.04. The minimum Gasteiger partial charge on any atom is -0.394 e. The van der Waals surface area contributed by atoms with Gasteiger partial charge < -0.3 is 10.4 Å². The molecule has 1 aliphatic carbocycles. The highest BCUT2D eigenvalue weighted by molar-refractivity contribution is 6.31. The Kier molecular flexibility index (Phi) is 4.96. The van der Waals surface area contributed by atoms with Crippen LogP contribution in [0, 0.1) is 10.1 Å². The predicted molar refractivity (Wildman–Crippen MR) is 77.8 cm³/mol. The summed E-state index contributed by atoms with van der Waals surface area (Å²) in [6.45, 7) is 0.349. The van der Waals surface area contributed by atoms with Crippen molar-refractivity contribution in [1.29, 1.82) is 0 Å². The maximum atomic E-state index is 11.0. The number of hydrogen-bond acceptors (Lipinski definition) is 4. The maximum absolute atomic E-state index is 11.0. The molecule has 0 heterocycles. The number of aliphatic hydroxyl groups excluding tert-OH is 1. The molecule has 0 atom stereocenters. The molecule has 0 amide bonds. The molecule has 1 saturated carbocycles. The summed E-state index contributed by atoms with van der Waals surface area (Å²) in [5.74, 6) is 0. The van der Waals surface area contributed by atoms with Crippen LogP contribution in [0.25, 0.3) is 0 Å². The number of aliphatic hydroxyl groups is 1. The zero-order valence-corrected chi connectivity index (χ0v) is 12.0. The number of nitrogens with one attached hydrogen (secondary N) is 1. The lowest BCUT2D eigenvalue weighted by molar-refractivity contribution is -0.385. The zero-order chi connectivity index (χ0) is 14.6. The van der Waals surface area contributed by atoms with E-state index in [2.05, 4.69) is 5.32 Å². The molecule has 2 rings (SSSR count). The summed E-state index contributed by atoms with van der Waals surface area (Å²) in [4.78, 5) is 10.6. The van der Waals surface area contributed by atoms with Crippen molar-refractivity contribution in [3.8, 4) is 0 Å². The van der Waals surface area contributed by atoms with Crippen LogP contribution < -0.4 is 5.32 Å². The first-order valence-corrected chi connectivity index (χ1v) is 7.23. The number of nitrogens with zero attached hydrogens (tertiary/aromatic N) is 1. The highest BCUT2D eigenvalue weighted by Gasteiger charge is 2.31. The van der Waals surface area contributed by atoms with Crippen LogP contribution in [0.1, 0.15) is 37.7 Å². The van der Waals surface area contributed by atoms with E-state index in [0.717, 1.165) is 25.7 Å². The molecule has 5 nitrogen and oxygen atoms in total. The molecule has 0 radical (unpaired) electrons. The fourth-order valence-corrected chi connectivity index (χ4v) is 3.02. The molecule has 1 aromatic rings. The molecule has 0 aliphatic heterocycles. The van der Waals surface area contributed by atoms with Gasteiger partial charge in [-0.15, -0.1) is 0 Å². The first kappa shape index (κ1) is 15.2. The van der Waals surface area contributed by atoms with E-state index < -0.39 is 4.92 Å². The Balaban J connectivity index is 2.15. The van der Waals surface area contributed by atoms with Crippen LogP contribution in [-0.4, -0.2) is 22.2 Å². The SMILES string of the molecule is O=[N+]([O-])c1cccc(Cl)c1CNC1(CO)CCCCC1. The lowest BCUT2D eigenvalue weighted by Gasteiger charge is -2.36. The number of nitro benzene ring substituents is 1. The maximum Gasteiger partial charge on any atom is 0.275 e. The van der Waals surface area contributed by atoms with Gasteiger partial charge in [0, 0.05) is 18.2 Å². The average molecular weight is 299 g/mol. The molecule has 0 spiro atoms. The van der Waals surface area contributed by atoms with E-state index in [1.807, 2.05) is 0 Å². The number of benzene rings is 1. The Morgan fingerprint density at radius 2 is 2.05 bits per heavy atom. The summed E-state index contributed by atoms with van der Waals surface area (Å²) in [7, 11) is 0. The molecule has 0 bridgehead atoms. The first-order valence-electron chi connectivity index (χ1n) is 6.86. The minimum absolute atomic E-state index is 0.0221. The topological polar surface area (TPSA) is 75.4 Å². The molecule has 0 saturated heterocycles. The molecule has 20 heavy (non-hydrogen) atoms. The molecule has 2 N–H and O–H groups in total. The van der Waals surface area contributed by atoms with Gasteiger partial charge in [0.25, 0.3) is 5.69 Å². The van der Waals surface area contributed by atoms with Gasteiger partial charge in [-0.05, 0) is 18.9 Å². The predicted octanol–water partition coefficient (Wildman–Crippen LogP) is 3.03. The summed E-state index contributed by atoms with van der Waals surface area (Å²) in [6, 6.07) is 4.68. The van der Waals surface area contributed by atoms with Crippen LogP contribution in [0.2, 0.25) is 5.02 Å². The smallest absolute Gasteiger partial charge is 0.275 e. The van der Waals surface area contributed by atoms with Gasteiger partial charge >= 0.3 is 0 Å².